The van der Waals surface area contributed by atoms with E-state index in [-0.39, 0.29) is 11.3 Å². The molecule has 5 rings (SSSR count). The Hall–Kier alpha value is -1.71. The zero-order valence-corrected chi connectivity index (χ0v) is 20.3. The largest absolute Gasteiger partial charge is 0.297 e. The van der Waals surface area contributed by atoms with Crippen molar-refractivity contribution in [3.05, 3.63) is 24.7 Å². The van der Waals surface area contributed by atoms with E-state index in [1.807, 2.05) is 16.9 Å². The Morgan fingerprint density at radius 1 is 1.09 bits per heavy atom. The van der Waals surface area contributed by atoms with E-state index in [0.717, 1.165) is 46.9 Å². The first-order chi connectivity index (χ1) is 15.5. The third-order valence-electron chi connectivity index (χ3n) is 9.86. The maximum Gasteiger partial charge on any atom is 0.157 e. The minimum atomic E-state index is 0.195. The van der Waals surface area contributed by atoms with E-state index in [2.05, 4.69) is 30.9 Å². The van der Waals surface area contributed by atoms with E-state index in [9.17, 15) is 4.79 Å². The van der Waals surface area contributed by atoms with Gasteiger partial charge in [-0.1, -0.05) is 46.5 Å². The zero-order valence-electron chi connectivity index (χ0n) is 20.3. The van der Waals surface area contributed by atoms with Gasteiger partial charge < -0.3 is 0 Å². The molecule has 3 aliphatic rings. The molecule has 3 saturated carbocycles. The molecule has 0 bridgehead atoms. The molecule has 2 heterocycles. The maximum atomic E-state index is 13.5. The highest BCUT2D eigenvalue weighted by Crippen LogP contribution is 2.63. The summed E-state index contributed by atoms with van der Waals surface area (Å²) >= 11 is 0. The van der Waals surface area contributed by atoms with E-state index in [1.165, 1.54) is 57.8 Å². The van der Waals surface area contributed by atoms with Crippen molar-refractivity contribution in [2.24, 2.45) is 40.9 Å². The van der Waals surface area contributed by atoms with Crippen molar-refractivity contribution in [1.82, 2.24) is 14.8 Å². The van der Waals surface area contributed by atoms with Crippen molar-refractivity contribution in [1.29, 1.82) is 0 Å². The smallest absolute Gasteiger partial charge is 0.157 e. The number of pyridine rings is 1. The van der Waals surface area contributed by atoms with Gasteiger partial charge in [0.05, 0.1) is 12.7 Å². The van der Waals surface area contributed by atoms with Crippen LogP contribution >= 0.6 is 0 Å². The average Bonchev–Trinajstić information content (AvgIpc) is 3.35. The molecule has 7 unspecified atom stereocenters. The summed E-state index contributed by atoms with van der Waals surface area (Å²) < 4.78 is 1.85. The second kappa shape index (κ2) is 8.91. The minimum absolute atomic E-state index is 0.195. The van der Waals surface area contributed by atoms with Gasteiger partial charge in [0.1, 0.15) is 5.52 Å². The van der Waals surface area contributed by atoms with Crippen LogP contribution in [0.4, 0.5) is 0 Å². The van der Waals surface area contributed by atoms with Crippen molar-refractivity contribution in [3.63, 3.8) is 0 Å². The Kier molecular flexibility index (Phi) is 6.15. The summed E-state index contributed by atoms with van der Waals surface area (Å²) in [5.41, 5.74) is 1.07. The fourth-order valence-electron chi connectivity index (χ4n) is 8.54. The Bertz CT molecular complexity index is 918. The molecule has 0 aliphatic heterocycles. The van der Waals surface area contributed by atoms with E-state index < -0.39 is 0 Å². The number of carbonyl (C=O) groups excluding carboxylic acids is 1. The van der Waals surface area contributed by atoms with E-state index >= 15 is 0 Å². The lowest BCUT2D eigenvalue weighted by Gasteiger charge is -2.54. The van der Waals surface area contributed by atoms with Gasteiger partial charge in [-0.15, -0.1) is 0 Å². The van der Waals surface area contributed by atoms with Crippen molar-refractivity contribution in [2.75, 3.05) is 0 Å². The molecule has 174 valence electrons. The summed E-state index contributed by atoms with van der Waals surface area (Å²) in [6, 6.07) is 1.97. The van der Waals surface area contributed by atoms with Gasteiger partial charge in [0, 0.05) is 23.7 Å². The van der Waals surface area contributed by atoms with Crippen LogP contribution in [0.5, 0.6) is 0 Å². The van der Waals surface area contributed by atoms with Crippen molar-refractivity contribution < 1.29 is 4.79 Å². The first kappa shape index (κ1) is 22.1. The summed E-state index contributed by atoms with van der Waals surface area (Å²) in [5.74, 6) is 5.01. The summed E-state index contributed by atoms with van der Waals surface area (Å²) in [4.78, 5) is 17.7. The first-order valence-corrected chi connectivity index (χ1v) is 13.3. The molecule has 4 nitrogen and oxygen atoms in total. The van der Waals surface area contributed by atoms with Gasteiger partial charge in [0.25, 0.3) is 0 Å². The SMILES string of the molecule is CCCC1CCC2C(CCC3(C)C(C(=O)Cn4cc5ccncc5n4)CCC23)C1CCC. The number of fused-ring (bicyclic) bond motifs is 4. The number of ketones is 1. The molecule has 2 aromatic rings. The Labute approximate surface area is 193 Å². The predicted octanol–water partition coefficient (Wildman–Crippen LogP) is 6.69. The molecule has 0 amide bonds. The molecule has 0 aromatic carbocycles. The quantitative estimate of drug-likeness (QED) is 0.487. The van der Waals surface area contributed by atoms with E-state index in [1.54, 1.807) is 12.4 Å². The molecule has 3 aliphatic carbocycles. The lowest BCUT2D eigenvalue weighted by atomic mass is 9.50. The number of carbonyl (C=O) groups is 1. The van der Waals surface area contributed by atoms with Crippen LogP contribution in [0, 0.1) is 40.9 Å². The van der Waals surface area contributed by atoms with Gasteiger partial charge in [-0.25, -0.2) is 0 Å². The van der Waals surface area contributed by atoms with Crippen LogP contribution < -0.4 is 0 Å². The third-order valence-corrected chi connectivity index (χ3v) is 9.86. The van der Waals surface area contributed by atoms with Gasteiger partial charge in [-0.2, -0.15) is 5.10 Å². The van der Waals surface area contributed by atoms with Crippen molar-refractivity contribution in [3.8, 4) is 0 Å². The van der Waals surface area contributed by atoms with Crippen molar-refractivity contribution in [2.45, 2.75) is 91.5 Å². The molecule has 0 radical (unpaired) electrons. The number of hydrogen-bond donors (Lipinski definition) is 0. The summed E-state index contributed by atoms with van der Waals surface area (Å²) in [7, 11) is 0. The predicted molar refractivity (Wildman–Crippen MR) is 129 cm³/mol. The molecule has 7 atom stereocenters. The van der Waals surface area contributed by atoms with Crippen LogP contribution in [0.15, 0.2) is 24.7 Å². The number of Topliss-reactive ketones (excluding diaryl/α,β-unsaturated/α-hetero) is 1. The minimum Gasteiger partial charge on any atom is -0.297 e. The Morgan fingerprint density at radius 2 is 1.94 bits per heavy atom. The van der Waals surface area contributed by atoms with E-state index in [4.69, 9.17) is 0 Å². The van der Waals surface area contributed by atoms with E-state index in [0.29, 0.717) is 12.3 Å². The zero-order chi connectivity index (χ0) is 22.3. The molecular weight excluding hydrogens is 394 g/mol. The van der Waals surface area contributed by atoms with Crippen LogP contribution in [0.25, 0.3) is 10.9 Å². The van der Waals surface area contributed by atoms with Gasteiger partial charge in [-0.05, 0) is 79.6 Å². The van der Waals surface area contributed by atoms with Crippen molar-refractivity contribution >= 4 is 16.7 Å². The molecular formula is C28H41N3O. The Balaban J connectivity index is 1.32. The molecule has 4 heteroatoms. The molecule has 0 spiro atoms. The van der Waals surface area contributed by atoms with Gasteiger partial charge in [0.15, 0.2) is 5.78 Å². The second-order valence-electron chi connectivity index (χ2n) is 11.4. The third kappa shape index (κ3) is 3.72. The first-order valence-electron chi connectivity index (χ1n) is 13.3. The average molecular weight is 436 g/mol. The highest BCUT2D eigenvalue weighted by molar-refractivity contribution is 5.83. The number of aromatic nitrogens is 3. The van der Waals surface area contributed by atoms with Gasteiger partial charge >= 0.3 is 0 Å². The standard InChI is InChI=1S/C28H41N3O/c1-4-6-19-8-9-23-22(21(19)7-5-2)12-14-28(3)24(23)10-11-25(28)27(32)18-31-17-20-13-15-29-16-26(20)30-31/h13,15-17,19,21-25H,4-12,14,18H2,1-3H3. The van der Waals surface area contributed by atoms with Crippen LogP contribution in [0.3, 0.4) is 0 Å². The topological polar surface area (TPSA) is 47.8 Å². The molecule has 32 heavy (non-hydrogen) atoms. The molecule has 3 fully saturated rings. The molecule has 0 N–H and O–H groups in total. The number of rotatable bonds is 7. The van der Waals surface area contributed by atoms with Gasteiger partial charge in [-0.3, -0.25) is 14.5 Å². The summed E-state index contributed by atoms with van der Waals surface area (Å²) in [6.07, 6.45) is 18.9. The number of hydrogen-bond acceptors (Lipinski definition) is 3. The summed E-state index contributed by atoms with van der Waals surface area (Å²) in [5, 5.41) is 5.67. The second-order valence-corrected chi connectivity index (χ2v) is 11.4. The van der Waals surface area contributed by atoms with Crippen LogP contribution in [-0.4, -0.2) is 20.5 Å². The lowest BCUT2D eigenvalue weighted by molar-refractivity contribution is -0.130. The van der Waals surface area contributed by atoms with Crippen LogP contribution in [-0.2, 0) is 11.3 Å². The molecule has 0 saturated heterocycles. The lowest BCUT2D eigenvalue weighted by Crippen LogP contribution is -2.48. The van der Waals surface area contributed by atoms with Crippen LogP contribution in [0.2, 0.25) is 0 Å². The highest BCUT2D eigenvalue weighted by atomic mass is 16.1. The monoisotopic (exact) mass is 435 g/mol. The Morgan fingerprint density at radius 3 is 2.72 bits per heavy atom. The normalized spacial score (nSPS) is 36.7. The fraction of sp³-hybridized carbons (Fsp3) is 0.750. The molecule has 2 aromatic heterocycles. The maximum absolute atomic E-state index is 13.5. The highest BCUT2D eigenvalue weighted by Gasteiger charge is 2.57. The summed E-state index contributed by atoms with van der Waals surface area (Å²) in [6.45, 7) is 7.62. The number of nitrogens with zero attached hydrogens (tertiary/aromatic N) is 3. The van der Waals surface area contributed by atoms with Crippen LogP contribution in [0.1, 0.15) is 85.0 Å². The van der Waals surface area contributed by atoms with Gasteiger partial charge in [0.2, 0.25) is 0 Å². The fourth-order valence-corrected chi connectivity index (χ4v) is 8.54.